The van der Waals surface area contributed by atoms with Gasteiger partial charge in [-0.25, -0.2) is 4.79 Å². The van der Waals surface area contributed by atoms with Gasteiger partial charge in [-0.1, -0.05) is 30.3 Å². The van der Waals surface area contributed by atoms with Gasteiger partial charge in [0.25, 0.3) is 0 Å². The highest BCUT2D eigenvalue weighted by molar-refractivity contribution is 6.01. The van der Waals surface area contributed by atoms with Crippen molar-refractivity contribution in [2.45, 2.75) is 20.0 Å². The molecule has 2 aromatic carbocycles. The lowest BCUT2D eigenvalue weighted by Crippen LogP contribution is -2.28. The van der Waals surface area contributed by atoms with E-state index in [1.54, 1.807) is 7.11 Å². The Kier molecular flexibility index (Phi) is 4.70. The Morgan fingerprint density at radius 1 is 1.12 bits per heavy atom. The second-order valence-electron chi connectivity index (χ2n) is 5.50. The van der Waals surface area contributed by atoms with Gasteiger partial charge in [-0.05, 0) is 30.7 Å². The molecular formula is C19H21N3O2. The molecule has 1 aromatic heterocycles. The van der Waals surface area contributed by atoms with Crippen LogP contribution in [0.15, 0.2) is 54.7 Å². The number of aryl methyl sites for hydroxylation is 1. The van der Waals surface area contributed by atoms with Crippen LogP contribution in [0.25, 0.3) is 10.9 Å². The molecule has 0 spiro atoms. The summed E-state index contributed by atoms with van der Waals surface area (Å²) < 4.78 is 7.25. The third-order valence-corrected chi connectivity index (χ3v) is 3.99. The lowest BCUT2D eigenvalue weighted by Gasteiger charge is -2.07. The number of fused-ring (bicyclic) bond motifs is 1. The second-order valence-corrected chi connectivity index (χ2v) is 5.50. The molecule has 124 valence electrons. The number of benzene rings is 2. The predicted molar refractivity (Wildman–Crippen MR) is 96.5 cm³/mol. The number of hydrogen-bond donors (Lipinski definition) is 2. The molecule has 3 aromatic rings. The number of ether oxygens (including phenoxy) is 1. The van der Waals surface area contributed by atoms with Crippen molar-refractivity contribution in [3.63, 3.8) is 0 Å². The minimum atomic E-state index is -0.218. The molecule has 1 heterocycles. The molecule has 3 rings (SSSR count). The van der Waals surface area contributed by atoms with E-state index in [1.165, 1.54) is 0 Å². The Balaban J connectivity index is 1.66. The molecule has 0 atom stereocenters. The maximum absolute atomic E-state index is 12.2. The Morgan fingerprint density at radius 2 is 1.88 bits per heavy atom. The van der Waals surface area contributed by atoms with E-state index < -0.39 is 0 Å². The fourth-order valence-electron chi connectivity index (χ4n) is 2.70. The number of urea groups is 1. The summed E-state index contributed by atoms with van der Waals surface area (Å²) >= 11 is 0. The van der Waals surface area contributed by atoms with Gasteiger partial charge >= 0.3 is 6.03 Å². The molecule has 5 nitrogen and oxygen atoms in total. The molecule has 0 aliphatic rings. The largest absolute Gasteiger partial charge is 0.497 e. The first-order valence-electron chi connectivity index (χ1n) is 7.97. The number of para-hydroxylation sites is 1. The number of hydrogen-bond acceptors (Lipinski definition) is 2. The molecule has 0 aliphatic carbocycles. The number of methoxy groups -OCH3 is 1. The third-order valence-electron chi connectivity index (χ3n) is 3.99. The van der Waals surface area contributed by atoms with Crippen LogP contribution < -0.4 is 15.4 Å². The van der Waals surface area contributed by atoms with Crippen molar-refractivity contribution in [2.24, 2.45) is 0 Å². The van der Waals surface area contributed by atoms with Crippen molar-refractivity contribution in [3.8, 4) is 5.75 Å². The third kappa shape index (κ3) is 3.35. The Labute approximate surface area is 141 Å². The van der Waals surface area contributed by atoms with Crippen LogP contribution in [0.2, 0.25) is 0 Å². The monoisotopic (exact) mass is 323 g/mol. The molecule has 0 aliphatic heterocycles. The molecule has 0 unspecified atom stereocenters. The first-order valence-corrected chi connectivity index (χ1v) is 7.97. The summed E-state index contributed by atoms with van der Waals surface area (Å²) in [6.45, 7) is 3.40. The number of nitrogens with zero attached hydrogens (tertiary/aromatic N) is 1. The summed E-state index contributed by atoms with van der Waals surface area (Å²) in [6.07, 6.45) is 1.97. The van der Waals surface area contributed by atoms with Gasteiger partial charge in [0, 0.05) is 24.7 Å². The SMILES string of the molecule is CCn1cc(NC(=O)NCc2ccc(OC)cc2)c2ccccc21. The van der Waals surface area contributed by atoms with Crippen LogP contribution >= 0.6 is 0 Å². The van der Waals surface area contributed by atoms with Gasteiger partial charge in [0.05, 0.1) is 18.3 Å². The summed E-state index contributed by atoms with van der Waals surface area (Å²) in [4.78, 5) is 12.2. The number of carbonyl (C=O) groups excluding carboxylic acids is 1. The molecular weight excluding hydrogens is 302 g/mol. The first-order chi connectivity index (χ1) is 11.7. The number of nitrogens with one attached hydrogen (secondary N) is 2. The average molecular weight is 323 g/mol. The van der Waals surface area contributed by atoms with Crippen LogP contribution in [0.3, 0.4) is 0 Å². The Morgan fingerprint density at radius 3 is 2.58 bits per heavy atom. The van der Waals surface area contributed by atoms with E-state index in [2.05, 4.69) is 28.2 Å². The zero-order valence-corrected chi connectivity index (χ0v) is 13.9. The number of anilines is 1. The van der Waals surface area contributed by atoms with Gasteiger partial charge in [0.1, 0.15) is 5.75 Å². The molecule has 0 fully saturated rings. The lowest BCUT2D eigenvalue weighted by molar-refractivity contribution is 0.252. The summed E-state index contributed by atoms with van der Waals surface area (Å²) in [5, 5.41) is 6.85. The van der Waals surface area contributed by atoms with E-state index in [0.29, 0.717) is 6.54 Å². The van der Waals surface area contributed by atoms with Crippen molar-refractivity contribution in [1.82, 2.24) is 9.88 Å². The molecule has 2 amide bonds. The summed E-state index contributed by atoms with van der Waals surface area (Å²) in [5.74, 6) is 0.801. The number of aromatic nitrogens is 1. The maximum atomic E-state index is 12.2. The predicted octanol–water partition coefficient (Wildman–Crippen LogP) is 3.99. The number of amides is 2. The quantitative estimate of drug-likeness (QED) is 0.746. The van der Waals surface area contributed by atoms with Crippen molar-refractivity contribution in [1.29, 1.82) is 0 Å². The smallest absolute Gasteiger partial charge is 0.319 e. The van der Waals surface area contributed by atoms with E-state index in [4.69, 9.17) is 4.74 Å². The molecule has 0 radical (unpaired) electrons. The highest BCUT2D eigenvalue weighted by Crippen LogP contribution is 2.25. The molecule has 5 heteroatoms. The van der Waals surface area contributed by atoms with Gasteiger partial charge in [-0.15, -0.1) is 0 Å². The molecule has 24 heavy (non-hydrogen) atoms. The standard InChI is InChI=1S/C19H21N3O2/c1-3-22-13-17(16-6-4-5-7-18(16)22)21-19(23)20-12-14-8-10-15(24-2)11-9-14/h4-11,13H,3,12H2,1-2H3,(H2,20,21,23). The van der Waals surface area contributed by atoms with Crippen LogP contribution in [-0.4, -0.2) is 17.7 Å². The minimum Gasteiger partial charge on any atom is -0.497 e. The number of carbonyl (C=O) groups is 1. The van der Waals surface area contributed by atoms with Crippen molar-refractivity contribution >= 4 is 22.6 Å². The fourth-order valence-corrected chi connectivity index (χ4v) is 2.70. The van der Waals surface area contributed by atoms with Crippen LogP contribution in [0.5, 0.6) is 5.75 Å². The van der Waals surface area contributed by atoms with Crippen LogP contribution in [-0.2, 0) is 13.1 Å². The zero-order valence-electron chi connectivity index (χ0n) is 13.9. The molecule has 2 N–H and O–H groups in total. The van der Waals surface area contributed by atoms with Gasteiger partial charge < -0.3 is 19.9 Å². The topological polar surface area (TPSA) is 55.3 Å². The van der Waals surface area contributed by atoms with Crippen LogP contribution in [0, 0.1) is 0 Å². The first kappa shape index (κ1) is 15.9. The van der Waals surface area contributed by atoms with E-state index >= 15 is 0 Å². The van der Waals surface area contributed by atoms with Gasteiger partial charge in [0.2, 0.25) is 0 Å². The molecule has 0 saturated heterocycles. The summed E-state index contributed by atoms with van der Waals surface area (Å²) in [6, 6.07) is 15.5. The molecule has 0 bridgehead atoms. The van der Waals surface area contributed by atoms with E-state index in [9.17, 15) is 4.79 Å². The maximum Gasteiger partial charge on any atom is 0.319 e. The second kappa shape index (κ2) is 7.08. The summed E-state index contributed by atoms with van der Waals surface area (Å²) in [5.41, 5.74) is 2.95. The number of rotatable bonds is 5. The van der Waals surface area contributed by atoms with E-state index in [0.717, 1.165) is 34.4 Å². The zero-order chi connectivity index (χ0) is 16.9. The highest BCUT2D eigenvalue weighted by Gasteiger charge is 2.09. The lowest BCUT2D eigenvalue weighted by atomic mass is 10.2. The Hall–Kier alpha value is -2.95. The van der Waals surface area contributed by atoms with Crippen molar-refractivity contribution in [3.05, 3.63) is 60.3 Å². The van der Waals surface area contributed by atoms with Crippen LogP contribution in [0.1, 0.15) is 12.5 Å². The average Bonchev–Trinajstić information content (AvgIpc) is 2.98. The van der Waals surface area contributed by atoms with Gasteiger partial charge in [-0.3, -0.25) is 0 Å². The highest BCUT2D eigenvalue weighted by atomic mass is 16.5. The van der Waals surface area contributed by atoms with Crippen molar-refractivity contribution in [2.75, 3.05) is 12.4 Å². The van der Waals surface area contributed by atoms with E-state index in [1.807, 2.05) is 48.7 Å². The molecule has 0 saturated carbocycles. The van der Waals surface area contributed by atoms with Gasteiger partial charge in [0.15, 0.2) is 0 Å². The Bertz CT molecular complexity index is 837. The normalized spacial score (nSPS) is 10.6. The van der Waals surface area contributed by atoms with Crippen LogP contribution in [0.4, 0.5) is 10.5 Å². The summed E-state index contributed by atoms with van der Waals surface area (Å²) in [7, 11) is 1.63. The van der Waals surface area contributed by atoms with Crippen molar-refractivity contribution < 1.29 is 9.53 Å². The minimum absolute atomic E-state index is 0.218. The fraction of sp³-hybridized carbons (Fsp3) is 0.211. The van der Waals surface area contributed by atoms with Gasteiger partial charge in [-0.2, -0.15) is 0 Å². The van der Waals surface area contributed by atoms with E-state index in [-0.39, 0.29) is 6.03 Å².